The molecular weight excluding hydrogens is 496 g/mol. The van der Waals surface area contributed by atoms with Crippen molar-refractivity contribution >= 4 is 17.9 Å². The molecule has 4 aromatic carbocycles. The first kappa shape index (κ1) is 27.1. The predicted octanol–water partition coefficient (Wildman–Crippen LogP) is 5.16. The van der Waals surface area contributed by atoms with E-state index in [-0.39, 0.29) is 31.1 Å². The quantitative estimate of drug-likeness (QED) is 0.152. The highest BCUT2D eigenvalue weighted by molar-refractivity contribution is 6.24. The third-order valence-electron chi connectivity index (χ3n) is 6.07. The van der Waals surface area contributed by atoms with Crippen molar-refractivity contribution in [3.8, 4) is 5.75 Å². The maximum atomic E-state index is 13.9. The van der Waals surface area contributed by atoms with Crippen LogP contribution in [0.5, 0.6) is 5.75 Å². The summed E-state index contributed by atoms with van der Waals surface area (Å²) in [5, 5.41) is 0. The van der Waals surface area contributed by atoms with Crippen LogP contribution in [0, 0.1) is 0 Å². The average molecular weight is 525 g/mol. The molecule has 0 fully saturated rings. The maximum absolute atomic E-state index is 13.9. The summed E-state index contributed by atoms with van der Waals surface area (Å²) >= 11 is 0. The lowest BCUT2D eigenvalue weighted by molar-refractivity contribution is -0.178. The Morgan fingerprint density at radius 1 is 0.513 bits per heavy atom. The average Bonchev–Trinajstić information content (AvgIpc) is 3.00. The molecule has 4 aromatic rings. The Balaban J connectivity index is 1.76. The van der Waals surface area contributed by atoms with Crippen LogP contribution in [0.25, 0.3) is 0 Å². The molecule has 0 saturated carbocycles. The molecule has 0 amide bonds. The lowest BCUT2D eigenvalue weighted by atomic mass is 9.79. The molecule has 0 unspecified atom stereocenters. The normalized spacial score (nSPS) is 10.8. The van der Waals surface area contributed by atoms with Gasteiger partial charge in [-0.1, -0.05) is 109 Å². The van der Waals surface area contributed by atoms with E-state index in [9.17, 15) is 14.4 Å². The van der Waals surface area contributed by atoms with Crippen LogP contribution in [0.4, 0.5) is 0 Å². The van der Waals surface area contributed by atoms with Gasteiger partial charge in [-0.3, -0.25) is 0 Å². The van der Waals surface area contributed by atoms with E-state index in [1.807, 2.05) is 18.2 Å². The first-order valence-electron chi connectivity index (χ1n) is 12.3. The molecule has 0 bridgehead atoms. The Kier molecular flexibility index (Phi) is 9.08. The monoisotopic (exact) mass is 524 g/mol. The zero-order valence-corrected chi connectivity index (χ0v) is 21.4. The molecule has 0 saturated heterocycles. The molecule has 0 aliphatic rings. The highest BCUT2D eigenvalue weighted by Gasteiger charge is 2.60. The summed E-state index contributed by atoms with van der Waals surface area (Å²) in [6.07, 6.45) is 0. The third kappa shape index (κ3) is 6.33. The van der Waals surface area contributed by atoms with Crippen LogP contribution in [0.3, 0.4) is 0 Å². The zero-order valence-electron chi connectivity index (χ0n) is 21.4. The van der Waals surface area contributed by atoms with Crippen molar-refractivity contribution in [2.75, 3.05) is 7.11 Å². The van der Waals surface area contributed by atoms with Crippen LogP contribution >= 0.6 is 0 Å². The Hall–Kier alpha value is -4.91. The molecular formula is C32H28O7. The zero-order chi connectivity index (χ0) is 27.5. The molecule has 0 radical (unpaired) electrons. The van der Waals surface area contributed by atoms with E-state index >= 15 is 0 Å². The van der Waals surface area contributed by atoms with Crippen LogP contribution in [0.1, 0.15) is 22.3 Å². The predicted molar refractivity (Wildman–Crippen MR) is 143 cm³/mol. The van der Waals surface area contributed by atoms with Gasteiger partial charge in [-0.2, -0.15) is 0 Å². The van der Waals surface area contributed by atoms with Gasteiger partial charge in [0.05, 0.1) is 7.11 Å². The number of carbonyl (C=O) groups is 3. The van der Waals surface area contributed by atoms with Crippen molar-refractivity contribution in [2.24, 2.45) is 0 Å². The highest BCUT2D eigenvalue weighted by atomic mass is 16.6. The summed E-state index contributed by atoms with van der Waals surface area (Å²) in [4.78, 5) is 41.8. The topological polar surface area (TPSA) is 88.1 Å². The molecule has 0 atom stereocenters. The van der Waals surface area contributed by atoms with Gasteiger partial charge in [0.15, 0.2) is 0 Å². The number of carbonyl (C=O) groups excluding carboxylic acids is 3. The Morgan fingerprint density at radius 3 is 1.21 bits per heavy atom. The maximum Gasteiger partial charge on any atom is 0.340 e. The number of ether oxygens (including phenoxy) is 4. The number of hydrogen-bond donors (Lipinski definition) is 0. The third-order valence-corrected chi connectivity index (χ3v) is 6.07. The fourth-order valence-corrected chi connectivity index (χ4v) is 4.03. The summed E-state index contributed by atoms with van der Waals surface area (Å²) < 4.78 is 22.3. The standard InChI is InChI=1S/C32H28O7/c1-36-28-20-12-11-19-27(28)32(29(33)37-21-24-13-5-2-6-14-24,30(34)38-22-25-15-7-3-8-16-25)31(35)39-23-26-17-9-4-10-18-26/h2-20H,21-23H2,1H3. The van der Waals surface area contributed by atoms with Crippen molar-refractivity contribution < 1.29 is 33.3 Å². The molecule has 4 rings (SSSR count). The fourth-order valence-electron chi connectivity index (χ4n) is 4.03. The minimum atomic E-state index is -2.61. The van der Waals surface area contributed by atoms with Crippen molar-refractivity contribution in [1.82, 2.24) is 0 Å². The van der Waals surface area contributed by atoms with E-state index in [4.69, 9.17) is 18.9 Å². The summed E-state index contributed by atoms with van der Waals surface area (Å²) in [6, 6.07) is 33.0. The van der Waals surface area contributed by atoms with Gasteiger partial charge < -0.3 is 18.9 Å². The van der Waals surface area contributed by atoms with Gasteiger partial charge in [0, 0.05) is 5.56 Å². The largest absolute Gasteiger partial charge is 0.496 e. The van der Waals surface area contributed by atoms with Crippen LogP contribution in [-0.4, -0.2) is 25.0 Å². The van der Waals surface area contributed by atoms with Crippen LogP contribution in [-0.2, 0) is 53.8 Å². The van der Waals surface area contributed by atoms with Crippen molar-refractivity contribution in [1.29, 1.82) is 0 Å². The number of esters is 3. The highest BCUT2D eigenvalue weighted by Crippen LogP contribution is 2.37. The lowest BCUT2D eigenvalue weighted by Gasteiger charge is -2.29. The van der Waals surface area contributed by atoms with Crippen molar-refractivity contribution in [3.63, 3.8) is 0 Å². The minimum Gasteiger partial charge on any atom is -0.496 e. The van der Waals surface area contributed by atoms with E-state index < -0.39 is 23.3 Å². The van der Waals surface area contributed by atoms with E-state index in [2.05, 4.69) is 0 Å². The molecule has 7 nitrogen and oxygen atoms in total. The first-order valence-corrected chi connectivity index (χ1v) is 12.3. The molecule has 39 heavy (non-hydrogen) atoms. The fraction of sp³-hybridized carbons (Fsp3) is 0.156. The van der Waals surface area contributed by atoms with Gasteiger partial charge >= 0.3 is 17.9 Å². The van der Waals surface area contributed by atoms with E-state index in [1.54, 1.807) is 91.0 Å². The molecule has 7 heteroatoms. The van der Waals surface area contributed by atoms with Gasteiger partial charge in [-0.05, 0) is 22.8 Å². The lowest BCUT2D eigenvalue weighted by Crippen LogP contribution is -2.53. The molecule has 0 aliphatic carbocycles. The Bertz CT molecular complexity index is 1250. The number of hydrogen-bond acceptors (Lipinski definition) is 7. The van der Waals surface area contributed by atoms with E-state index in [0.29, 0.717) is 16.7 Å². The van der Waals surface area contributed by atoms with E-state index in [1.165, 1.54) is 13.2 Å². The van der Waals surface area contributed by atoms with Gasteiger partial charge in [0.25, 0.3) is 5.41 Å². The second kappa shape index (κ2) is 13.1. The first-order chi connectivity index (χ1) is 19.1. The van der Waals surface area contributed by atoms with Gasteiger partial charge in [0.2, 0.25) is 0 Å². The van der Waals surface area contributed by atoms with Crippen molar-refractivity contribution in [2.45, 2.75) is 25.2 Å². The van der Waals surface area contributed by atoms with Gasteiger partial charge in [0.1, 0.15) is 25.6 Å². The van der Waals surface area contributed by atoms with Gasteiger partial charge in [-0.15, -0.1) is 0 Å². The number of methoxy groups -OCH3 is 1. The Labute approximate surface area is 226 Å². The number of para-hydroxylation sites is 1. The minimum absolute atomic E-state index is 0.0401. The Morgan fingerprint density at radius 2 is 0.846 bits per heavy atom. The SMILES string of the molecule is COc1ccccc1C(C(=O)OCc1ccccc1)(C(=O)OCc1ccccc1)C(=O)OCc1ccccc1. The molecule has 0 N–H and O–H groups in total. The molecule has 0 heterocycles. The smallest absolute Gasteiger partial charge is 0.340 e. The molecule has 0 aromatic heterocycles. The number of benzene rings is 4. The van der Waals surface area contributed by atoms with Crippen LogP contribution in [0.15, 0.2) is 115 Å². The second-order valence-corrected chi connectivity index (χ2v) is 8.64. The van der Waals surface area contributed by atoms with Crippen molar-refractivity contribution in [3.05, 3.63) is 138 Å². The summed E-state index contributed by atoms with van der Waals surface area (Å²) in [7, 11) is 1.38. The number of rotatable bonds is 11. The molecule has 0 spiro atoms. The summed E-state index contributed by atoms with van der Waals surface area (Å²) in [6.45, 7) is -0.516. The van der Waals surface area contributed by atoms with E-state index in [0.717, 1.165) is 0 Å². The van der Waals surface area contributed by atoms with Crippen LogP contribution < -0.4 is 4.74 Å². The van der Waals surface area contributed by atoms with Gasteiger partial charge in [-0.25, -0.2) is 14.4 Å². The summed E-state index contributed by atoms with van der Waals surface area (Å²) in [5.74, 6) is -3.27. The second-order valence-electron chi connectivity index (χ2n) is 8.64. The summed E-state index contributed by atoms with van der Waals surface area (Å²) in [5.41, 5.74) is -0.618. The molecule has 198 valence electrons. The molecule has 0 aliphatic heterocycles. The van der Waals surface area contributed by atoms with Crippen LogP contribution in [0.2, 0.25) is 0 Å².